The maximum absolute atomic E-state index is 14.4. The number of nitrogens with one attached hydrogen (secondary N) is 2. The molecule has 11 rings (SSSR count). The minimum absolute atomic E-state index is 0.185. The van der Waals surface area contributed by atoms with Gasteiger partial charge in [-0.05, 0) is 24.3 Å². The van der Waals surface area contributed by atoms with Gasteiger partial charge < -0.3 is 9.97 Å². The van der Waals surface area contributed by atoms with Crippen molar-refractivity contribution in [3.63, 3.8) is 0 Å². The average Bonchev–Trinajstić information content (AvgIpc) is 3.76. The molecule has 0 atom stereocenters. The fraction of sp³-hybridized carbons (Fsp3) is 0.0455. The van der Waals surface area contributed by atoms with Gasteiger partial charge in [-0.15, -0.1) is 0 Å². The molecule has 0 bridgehead atoms. The SMILES string of the molecule is CC.O=c1c2ccccc2c(=O)c2c1ccc1c3ccc4c(=O)c5c(ccc6c7ccc8c(=O)c9ccccc9c(=O)c8c7[nH]c65)c(=O)c4c3[nH]c12. The van der Waals surface area contributed by atoms with Crippen LogP contribution in [0.3, 0.4) is 0 Å². The number of fused-ring (bicyclic) bond motifs is 16. The van der Waals surface area contributed by atoms with Gasteiger partial charge in [-0.1, -0.05) is 86.6 Å². The molecule has 2 N–H and O–H groups in total. The quantitative estimate of drug-likeness (QED) is 0.161. The van der Waals surface area contributed by atoms with Crippen molar-refractivity contribution < 1.29 is 0 Å². The Morgan fingerprint density at radius 1 is 0.269 bits per heavy atom. The lowest BCUT2D eigenvalue weighted by Crippen LogP contribution is -2.13. The molecule has 8 nitrogen and oxygen atoms in total. The Hall–Kier alpha value is -7.06. The summed E-state index contributed by atoms with van der Waals surface area (Å²) in [5.41, 5.74) is -0.170. The Labute approximate surface area is 289 Å². The second kappa shape index (κ2) is 10.2. The van der Waals surface area contributed by atoms with Gasteiger partial charge in [-0.2, -0.15) is 0 Å². The fourth-order valence-corrected chi connectivity index (χ4v) is 8.37. The first-order chi connectivity index (χ1) is 25.3. The molecule has 9 aromatic carbocycles. The Bertz CT molecular complexity index is 3540. The molecule has 52 heavy (non-hydrogen) atoms. The summed E-state index contributed by atoms with van der Waals surface area (Å²) in [5, 5.41) is 5.73. The second-order valence-corrected chi connectivity index (χ2v) is 13.0. The van der Waals surface area contributed by atoms with Crippen LogP contribution >= 0.6 is 0 Å². The molecule has 0 spiro atoms. The Kier molecular flexibility index (Phi) is 5.87. The molecule has 0 amide bonds. The largest absolute Gasteiger partial charge is 0.353 e. The van der Waals surface area contributed by atoms with E-state index in [-0.39, 0.29) is 75.7 Å². The number of aromatic nitrogens is 2. The van der Waals surface area contributed by atoms with Gasteiger partial charge in [-0.25, -0.2) is 0 Å². The zero-order chi connectivity index (χ0) is 35.7. The van der Waals surface area contributed by atoms with Gasteiger partial charge in [0.15, 0.2) is 32.6 Å². The summed E-state index contributed by atoms with van der Waals surface area (Å²) in [6.07, 6.45) is 0. The molecule has 2 heterocycles. The third-order valence-corrected chi connectivity index (χ3v) is 10.6. The highest BCUT2D eigenvalue weighted by molar-refractivity contribution is 6.27. The summed E-state index contributed by atoms with van der Waals surface area (Å²) in [4.78, 5) is 89.8. The molecule has 0 saturated carbocycles. The van der Waals surface area contributed by atoms with Gasteiger partial charge in [0.1, 0.15) is 0 Å². The van der Waals surface area contributed by atoms with Gasteiger partial charge in [0.05, 0.1) is 43.6 Å². The molecule has 0 aliphatic rings. The number of hydrogen-bond acceptors (Lipinski definition) is 6. The molecule has 0 fully saturated rings. The van der Waals surface area contributed by atoms with E-state index in [2.05, 4.69) is 9.97 Å². The summed E-state index contributed by atoms with van der Waals surface area (Å²) in [7, 11) is 0. The lowest BCUT2D eigenvalue weighted by Gasteiger charge is -2.04. The van der Waals surface area contributed by atoms with Gasteiger partial charge >= 0.3 is 0 Å². The monoisotopic (exact) mass is 676 g/mol. The molecule has 2 aromatic heterocycles. The number of H-pyrrole nitrogens is 2. The zero-order valence-corrected chi connectivity index (χ0v) is 27.7. The van der Waals surface area contributed by atoms with Crippen LogP contribution in [0.1, 0.15) is 13.8 Å². The van der Waals surface area contributed by atoms with E-state index in [1.807, 2.05) is 13.8 Å². The molecule has 0 radical (unpaired) electrons. The van der Waals surface area contributed by atoms with Crippen LogP contribution in [0.2, 0.25) is 0 Å². The first-order valence-electron chi connectivity index (χ1n) is 17.0. The highest BCUT2D eigenvalue weighted by Crippen LogP contribution is 2.36. The lowest BCUT2D eigenvalue weighted by molar-refractivity contribution is 1.50. The lowest BCUT2D eigenvalue weighted by atomic mass is 9.97. The summed E-state index contributed by atoms with van der Waals surface area (Å²) >= 11 is 0. The summed E-state index contributed by atoms with van der Waals surface area (Å²) in [6, 6.07) is 27.0. The predicted octanol–water partition coefficient (Wildman–Crippen LogP) is 7.38. The van der Waals surface area contributed by atoms with Gasteiger partial charge in [-0.3, -0.25) is 28.8 Å². The van der Waals surface area contributed by atoms with Crippen molar-refractivity contribution in [2.75, 3.05) is 0 Å². The Balaban J connectivity index is 0.00000166. The van der Waals surface area contributed by atoms with E-state index in [0.717, 1.165) is 0 Å². The van der Waals surface area contributed by atoms with Gasteiger partial charge in [0.2, 0.25) is 0 Å². The average molecular weight is 677 g/mol. The van der Waals surface area contributed by atoms with Crippen molar-refractivity contribution in [3.8, 4) is 0 Å². The van der Waals surface area contributed by atoms with Crippen molar-refractivity contribution in [1.29, 1.82) is 0 Å². The van der Waals surface area contributed by atoms with Crippen molar-refractivity contribution in [2.45, 2.75) is 13.8 Å². The zero-order valence-electron chi connectivity index (χ0n) is 27.7. The van der Waals surface area contributed by atoms with Crippen molar-refractivity contribution in [1.82, 2.24) is 9.97 Å². The minimum atomic E-state index is -0.379. The number of benzene rings is 9. The van der Waals surface area contributed by atoms with E-state index in [1.165, 1.54) is 0 Å². The molecular weight excluding hydrogens is 652 g/mol. The van der Waals surface area contributed by atoms with Crippen LogP contribution < -0.4 is 32.6 Å². The van der Waals surface area contributed by atoms with Crippen LogP contribution in [0.4, 0.5) is 0 Å². The smallest absolute Gasteiger partial charge is 0.196 e. The Morgan fingerprint density at radius 2 is 0.481 bits per heavy atom. The third-order valence-electron chi connectivity index (χ3n) is 10.6. The number of aromatic amines is 2. The van der Waals surface area contributed by atoms with Crippen LogP contribution in [0.5, 0.6) is 0 Å². The molecular formula is C44H24N2O6. The predicted molar refractivity (Wildman–Crippen MR) is 213 cm³/mol. The van der Waals surface area contributed by atoms with Gasteiger partial charge in [0, 0.05) is 64.6 Å². The molecule has 0 unspecified atom stereocenters. The molecule has 246 valence electrons. The Morgan fingerprint density at radius 3 is 0.769 bits per heavy atom. The maximum Gasteiger partial charge on any atom is 0.196 e. The molecule has 0 aliphatic heterocycles. The number of hydrogen-bond donors (Lipinski definition) is 2. The number of rotatable bonds is 0. The van der Waals surface area contributed by atoms with Crippen molar-refractivity contribution in [2.24, 2.45) is 0 Å². The van der Waals surface area contributed by atoms with E-state index in [1.54, 1.807) is 97.1 Å². The van der Waals surface area contributed by atoms with Crippen molar-refractivity contribution >= 4 is 108 Å². The van der Waals surface area contributed by atoms with Crippen LogP contribution in [0, 0.1) is 0 Å². The first-order valence-corrected chi connectivity index (χ1v) is 17.0. The molecule has 8 heteroatoms. The van der Waals surface area contributed by atoms with Crippen LogP contribution in [0.25, 0.3) is 108 Å². The van der Waals surface area contributed by atoms with Crippen LogP contribution in [-0.4, -0.2) is 9.97 Å². The van der Waals surface area contributed by atoms with Crippen LogP contribution in [0.15, 0.2) is 126 Å². The van der Waals surface area contributed by atoms with E-state index >= 15 is 0 Å². The molecule has 0 aliphatic carbocycles. The molecule has 11 aromatic rings. The first kappa shape index (κ1) is 29.8. The summed E-state index contributed by atoms with van der Waals surface area (Å²) < 4.78 is 0. The summed E-state index contributed by atoms with van der Waals surface area (Å²) in [6.45, 7) is 4.00. The van der Waals surface area contributed by atoms with E-state index < -0.39 is 0 Å². The van der Waals surface area contributed by atoms with Crippen LogP contribution in [-0.2, 0) is 0 Å². The third kappa shape index (κ3) is 3.50. The standard InChI is InChI=1S/C42H18N2O6.C2H6/c45-37-21-5-1-3-7-23(21)39(47)29-25(37)13-9-17-19-11-15-27-31(35(19)43-33(17)29)41(49)28-16-12-20-18-10-14-26-30(34(18)44-36(20)32(28)42(27)50)40(48)24-8-4-2-6-22(24)38(26)46;1-2/h1-16,43-44H;1-2H3. The molecule has 0 saturated heterocycles. The fourth-order valence-electron chi connectivity index (χ4n) is 8.37. The summed E-state index contributed by atoms with van der Waals surface area (Å²) in [5.74, 6) is 0. The van der Waals surface area contributed by atoms with Gasteiger partial charge in [0.25, 0.3) is 0 Å². The van der Waals surface area contributed by atoms with E-state index in [4.69, 9.17) is 0 Å². The highest BCUT2D eigenvalue weighted by atomic mass is 16.1. The van der Waals surface area contributed by atoms with E-state index in [0.29, 0.717) is 65.2 Å². The maximum atomic E-state index is 14.4. The van der Waals surface area contributed by atoms with E-state index in [9.17, 15) is 28.8 Å². The normalized spacial score (nSPS) is 12.1. The second-order valence-electron chi connectivity index (χ2n) is 13.0. The minimum Gasteiger partial charge on any atom is -0.353 e. The highest BCUT2D eigenvalue weighted by Gasteiger charge is 2.22. The topological polar surface area (TPSA) is 134 Å². The van der Waals surface area contributed by atoms with Crippen molar-refractivity contribution in [3.05, 3.63) is 158 Å².